The number of esters is 1. The third-order valence-electron chi connectivity index (χ3n) is 6.74. The molecule has 0 aliphatic heterocycles. The number of hydrogen-bond donors (Lipinski definition) is 0. The second kappa shape index (κ2) is 22.6. The standard InChI is InChI=1S/C28H58NO2/c1-5-6-7-8-9-10-11-12-14-17-20-23-26-29(2,3)27-24-21-18-15-13-16-19-22-25-28(30)31-4/h5-27H2,1-4H3/q+1. The fourth-order valence-corrected chi connectivity index (χ4v) is 4.46. The van der Waals surface area contributed by atoms with Crippen LogP contribution in [-0.2, 0) is 9.53 Å². The number of quaternary nitrogens is 1. The van der Waals surface area contributed by atoms with Crippen LogP contribution in [0.1, 0.15) is 142 Å². The Kier molecular flexibility index (Phi) is 22.2. The van der Waals surface area contributed by atoms with Gasteiger partial charge in [-0.1, -0.05) is 103 Å². The summed E-state index contributed by atoms with van der Waals surface area (Å²) in [6, 6.07) is 0. The Balaban J connectivity index is 3.33. The summed E-state index contributed by atoms with van der Waals surface area (Å²) >= 11 is 0. The van der Waals surface area contributed by atoms with E-state index in [9.17, 15) is 4.79 Å². The molecule has 0 aliphatic carbocycles. The van der Waals surface area contributed by atoms with Crippen molar-refractivity contribution in [1.29, 1.82) is 0 Å². The van der Waals surface area contributed by atoms with Gasteiger partial charge < -0.3 is 9.22 Å². The lowest BCUT2D eigenvalue weighted by Gasteiger charge is -2.30. The largest absolute Gasteiger partial charge is 0.469 e. The van der Waals surface area contributed by atoms with Crippen molar-refractivity contribution < 1.29 is 14.0 Å². The molecule has 0 saturated heterocycles. The molecule has 0 spiro atoms. The van der Waals surface area contributed by atoms with Crippen LogP contribution in [0.25, 0.3) is 0 Å². The fraction of sp³-hybridized carbons (Fsp3) is 0.964. The number of nitrogens with zero attached hydrogens (tertiary/aromatic N) is 1. The van der Waals surface area contributed by atoms with Crippen LogP contribution in [0.4, 0.5) is 0 Å². The van der Waals surface area contributed by atoms with Crippen molar-refractivity contribution in [3.63, 3.8) is 0 Å². The van der Waals surface area contributed by atoms with Crippen LogP contribution in [0.2, 0.25) is 0 Å². The van der Waals surface area contributed by atoms with Crippen LogP contribution in [0, 0.1) is 0 Å². The number of methoxy groups -OCH3 is 1. The van der Waals surface area contributed by atoms with E-state index in [2.05, 4.69) is 25.8 Å². The minimum atomic E-state index is -0.0655. The van der Waals surface area contributed by atoms with E-state index in [0.29, 0.717) is 6.42 Å². The summed E-state index contributed by atoms with van der Waals surface area (Å²) in [5, 5.41) is 0. The quantitative estimate of drug-likeness (QED) is 0.0854. The van der Waals surface area contributed by atoms with Gasteiger partial charge in [-0.05, 0) is 32.1 Å². The molecule has 0 bridgehead atoms. The van der Waals surface area contributed by atoms with Crippen molar-refractivity contribution in [3.8, 4) is 0 Å². The maximum atomic E-state index is 11.1. The molecule has 0 aromatic heterocycles. The summed E-state index contributed by atoms with van der Waals surface area (Å²) in [4.78, 5) is 11.1. The van der Waals surface area contributed by atoms with Crippen LogP contribution in [0.5, 0.6) is 0 Å². The molecule has 0 atom stereocenters. The third kappa shape index (κ3) is 23.9. The minimum Gasteiger partial charge on any atom is -0.469 e. The van der Waals surface area contributed by atoms with Crippen LogP contribution in [-0.4, -0.2) is 44.7 Å². The zero-order chi connectivity index (χ0) is 23.0. The van der Waals surface area contributed by atoms with Gasteiger partial charge in [-0.2, -0.15) is 0 Å². The van der Waals surface area contributed by atoms with Gasteiger partial charge in [-0.3, -0.25) is 4.79 Å². The number of carbonyl (C=O) groups excluding carboxylic acids is 1. The lowest BCUT2D eigenvalue weighted by molar-refractivity contribution is -0.890. The van der Waals surface area contributed by atoms with Crippen molar-refractivity contribution in [2.24, 2.45) is 0 Å². The molecule has 186 valence electrons. The number of carbonyl (C=O) groups is 1. The average Bonchev–Trinajstić information content (AvgIpc) is 2.75. The van der Waals surface area contributed by atoms with E-state index in [1.807, 2.05) is 0 Å². The molecule has 3 heteroatoms. The molecule has 0 amide bonds. The molecular formula is C28H58NO2+. The number of rotatable bonds is 24. The Morgan fingerprint density at radius 1 is 0.548 bits per heavy atom. The first-order valence-corrected chi connectivity index (χ1v) is 13.9. The van der Waals surface area contributed by atoms with Crippen molar-refractivity contribution in [3.05, 3.63) is 0 Å². The number of unbranched alkanes of at least 4 members (excludes halogenated alkanes) is 18. The Labute approximate surface area is 196 Å². The van der Waals surface area contributed by atoms with Crippen LogP contribution in [0.3, 0.4) is 0 Å². The molecule has 31 heavy (non-hydrogen) atoms. The summed E-state index contributed by atoms with van der Waals surface area (Å²) in [7, 11) is 6.31. The highest BCUT2D eigenvalue weighted by Crippen LogP contribution is 2.14. The number of hydrogen-bond acceptors (Lipinski definition) is 2. The molecule has 0 fully saturated rings. The lowest BCUT2D eigenvalue weighted by Crippen LogP contribution is -2.41. The molecule has 0 rings (SSSR count). The minimum absolute atomic E-state index is 0.0655. The molecule has 0 aromatic carbocycles. The maximum absolute atomic E-state index is 11.1. The number of ether oxygens (including phenoxy) is 1. The fourth-order valence-electron chi connectivity index (χ4n) is 4.46. The predicted octanol–water partition coefficient (Wildman–Crippen LogP) is 8.45. The third-order valence-corrected chi connectivity index (χ3v) is 6.74. The maximum Gasteiger partial charge on any atom is 0.305 e. The molecule has 0 aromatic rings. The molecule has 0 unspecified atom stereocenters. The van der Waals surface area contributed by atoms with Crippen molar-refractivity contribution in [2.45, 2.75) is 142 Å². The highest BCUT2D eigenvalue weighted by atomic mass is 16.5. The monoisotopic (exact) mass is 440 g/mol. The van der Waals surface area contributed by atoms with Crippen LogP contribution >= 0.6 is 0 Å². The topological polar surface area (TPSA) is 26.3 Å². The first kappa shape index (κ1) is 30.4. The molecule has 0 heterocycles. The summed E-state index contributed by atoms with van der Waals surface area (Å²) in [6.45, 7) is 4.97. The second-order valence-electron chi connectivity index (χ2n) is 10.4. The van der Waals surface area contributed by atoms with E-state index in [1.165, 1.54) is 140 Å². The molecular weight excluding hydrogens is 382 g/mol. The smallest absolute Gasteiger partial charge is 0.305 e. The normalized spacial score (nSPS) is 11.7. The first-order chi connectivity index (χ1) is 15.0. The van der Waals surface area contributed by atoms with E-state index in [0.717, 1.165) is 12.8 Å². The van der Waals surface area contributed by atoms with Crippen molar-refractivity contribution in [1.82, 2.24) is 0 Å². The first-order valence-electron chi connectivity index (χ1n) is 13.9. The van der Waals surface area contributed by atoms with Crippen LogP contribution in [0.15, 0.2) is 0 Å². The van der Waals surface area contributed by atoms with Crippen molar-refractivity contribution in [2.75, 3.05) is 34.3 Å². The summed E-state index contributed by atoms with van der Waals surface area (Å²) < 4.78 is 5.88. The van der Waals surface area contributed by atoms with Gasteiger partial charge in [-0.15, -0.1) is 0 Å². The highest BCUT2D eigenvalue weighted by molar-refractivity contribution is 5.68. The van der Waals surface area contributed by atoms with Gasteiger partial charge in [0.1, 0.15) is 0 Å². The Morgan fingerprint density at radius 2 is 0.871 bits per heavy atom. The molecule has 0 aliphatic rings. The van der Waals surface area contributed by atoms with E-state index >= 15 is 0 Å². The summed E-state index contributed by atoms with van der Waals surface area (Å²) in [5.41, 5.74) is 0. The highest BCUT2D eigenvalue weighted by Gasteiger charge is 2.13. The second-order valence-corrected chi connectivity index (χ2v) is 10.4. The average molecular weight is 441 g/mol. The van der Waals surface area contributed by atoms with Gasteiger partial charge in [-0.25, -0.2) is 0 Å². The van der Waals surface area contributed by atoms with E-state index in [4.69, 9.17) is 0 Å². The summed E-state index contributed by atoms with van der Waals surface area (Å²) in [6.07, 6.45) is 28.0. The van der Waals surface area contributed by atoms with Gasteiger partial charge in [0.25, 0.3) is 0 Å². The Bertz CT molecular complexity index is 381. The van der Waals surface area contributed by atoms with Crippen molar-refractivity contribution >= 4 is 5.97 Å². The van der Waals surface area contributed by atoms with Gasteiger partial charge in [0, 0.05) is 6.42 Å². The van der Waals surface area contributed by atoms with E-state index < -0.39 is 0 Å². The summed E-state index contributed by atoms with van der Waals surface area (Å²) in [5.74, 6) is -0.0655. The van der Waals surface area contributed by atoms with Gasteiger partial charge in [0.15, 0.2) is 0 Å². The zero-order valence-corrected chi connectivity index (χ0v) is 22.0. The van der Waals surface area contributed by atoms with Gasteiger partial charge in [0.2, 0.25) is 0 Å². The van der Waals surface area contributed by atoms with Gasteiger partial charge >= 0.3 is 5.97 Å². The Hall–Kier alpha value is -0.570. The molecule has 0 radical (unpaired) electrons. The molecule has 3 nitrogen and oxygen atoms in total. The molecule has 0 saturated carbocycles. The SMILES string of the molecule is CCCCCCCCCCCCCC[N+](C)(C)CCCCCCCCCCC(=O)OC. The molecule has 0 N–H and O–H groups in total. The predicted molar refractivity (Wildman–Crippen MR) is 136 cm³/mol. The lowest BCUT2D eigenvalue weighted by atomic mass is 10.0. The van der Waals surface area contributed by atoms with Gasteiger partial charge in [0.05, 0.1) is 34.3 Å². The van der Waals surface area contributed by atoms with E-state index in [-0.39, 0.29) is 5.97 Å². The Morgan fingerprint density at radius 3 is 1.23 bits per heavy atom. The van der Waals surface area contributed by atoms with Crippen LogP contribution < -0.4 is 0 Å². The van der Waals surface area contributed by atoms with E-state index in [1.54, 1.807) is 0 Å². The zero-order valence-electron chi connectivity index (χ0n) is 22.0.